The summed E-state index contributed by atoms with van der Waals surface area (Å²) in [4.78, 5) is 9.01. The highest BCUT2D eigenvalue weighted by Gasteiger charge is 2.06. The van der Waals surface area contributed by atoms with E-state index in [1.54, 1.807) is 0 Å². The Kier molecular flexibility index (Phi) is 2.86. The van der Waals surface area contributed by atoms with Crippen LogP contribution < -0.4 is 0 Å². The van der Waals surface area contributed by atoms with Gasteiger partial charge in [-0.05, 0) is 35.8 Å². The van der Waals surface area contributed by atoms with Gasteiger partial charge in [-0.2, -0.15) is 0 Å². The third-order valence-corrected chi connectivity index (χ3v) is 3.77. The Morgan fingerprint density at radius 1 is 0.952 bits per heavy atom. The number of aromatic nitrogens is 2. The summed E-state index contributed by atoms with van der Waals surface area (Å²) >= 11 is 0. The number of nitrogens with zero attached hydrogens (tertiary/aromatic N) is 2. The summed E-state index contributed by atoms with van der Waals surface area (Å²) in [7, 11) is 0. The zero-order valence-electron chi connectivity index (χ0n) is 11.5. The number of rotatable bonds is 2. The smallest absolute Gasteiger partial charge is 0.0970 e. The second-order valence-electron chi connectivity index (χ2n) is 5.15. The van der Waals surface area contributed by atoms with Crippen LogP contribution in [0.1, 0.15) is 12.0 Å². The van der Waals surface area contributed by atoms with Gasteiger partial charge >= 0.3 is 0 Å². The van der Waals surface area contributed by atoms with Crippen LogP contribution in [0.2, 0.25) is 0 Å². The number of benzene rings is 1. The molecule has 0 N–H and O–H groups in total. The highest BCUT2D eigenvalue weighted by atomic mass is 14.7. The van der Waals surface area contributed by atoms with Crippen LogP contribution in [-0.4, -0.2) is 9.97 Å². The maximum atomic E-state index is 4.53. The molecule has 100 valence electrons. The molecular weight excluding hydrogens is 256 g/mol. The molecule has 1 aromatic carbocycles. The molecule has 0 saturated heterocycles. The standard InChI is InChI=1S/C19H14N2/c1-2-6-14(5-1)9-10-15-13-16-7-3-11-20-18(16)19-17(15)8-4-12-21-19/h1-5,7-13H,6H2/b10-9+. The Labute approximate surface area is 123 Å². The quantitative estimate of drug-likeness (QED) is 0.632. The van der Waals surface area contributed by atoms with E-state index in [1.807, 2.05) is 24.5 Å². The van der Waals surface area contributed by atoms with Gasteiger partial charge in [0.15, 0.2) is 0 Å². The minimum absolute atomic E-state index is 0.965. The summed E-state index contributed by atoms with van der Waals surface area (Å²) in [5.74, 6) is 0. The van der Waals surface area contributed by atoms with Crippen LogP contribution in [0.3, 0.4) is 0 Å². The van der Waals surface area contributed by atoms with Gasteiger partial charge in [0.2, 0.25) is 0 Å². The van der Waals surface area contributed by atoms with Crippen molar-refractivity contribution in [1.29, 1.82) is 0 Å². The molecule has 3 aromatic rings. The molecule has 0 saturated carbocycles. The third-order valence-electron chi connectivity index (χ3n) is 3.77. The second kappa shape index (κ2) is 4.98. The highest BCUT2D eigenvalue weighted by molar-refractivity contribution is 6.06. The van der Waals surface area contributed by atoms with Crippen molar-refractivity contribution < 1.29 is 0 Å². The number of allylic oxidation sites excluding steroid dienone is 5. The molecule has 0 fully saturated rings. The van der Waals surface area contributed by atoms with E-state index in [-0.39, 0.29) is 0 Å². The molecule has 1 aliphatic rings. The van der Waals surface area contributed by atoms with Gasteiger partial charge in [0.1, 0.15) is 0 Å². The molecule has 0 amide bonds. The molecule has 2 heteroatoms. The van der Waals surface area contributed by atoms with Gasteiger partial charge in [-0.15, -0.1) is 0 Å². The molecule has 0 atom stereocenters. The Morgan fingerprint density at radius 2 is 1.81 bits per heavy atom. The van der Waals surface area contributed by atoms with Crippen LogP contribution in [0.5, 0.6) is 0 Å². The average Bonchev–Trinajstić information content (AvgIpc) is 3.06. The van der Waals surface area contributed by atoms with Crippen LogP contribution in [0, 0.1) is 0 Å². The van der Waals surface area contributed by atoms with E-state index in [4.69, 9.17) is 0 Å². The number of hydrogen-bond donors (Lipinski definition) is 0. The molecule has 21 heavy (non-hydrogen) atoms. The van der Waals surface area contributed by atoms with Gasteiger partial charge in [0, 0.05) is 23.2 Å². The first-order chi connectivity index (χ1) is 10.4. The Hall–Kier alpha value is -2.74. The average molecular weight is 270 g/mol. The molecule has 0 bridgehead atoms. The third kappa shape index (κ3) is 2.15. The summed E-state index contributed by atoms with van der Waals surface area (Å²) in [5.41, 5.74) is 4.45. The number of hydrogen-bond acceptors (Lipinski definition) is 2. The van der Waals surface area contributed by atoms with Crippen molar-refractivity contribution >= 4 is 27.9 Å². The maximum absolute atomic E-state index is 4.53. The van der Waals surface area contributed by atoms with Gasteiger partial charge < -0.3 is 0 Å². The van der Waals surface area contributed by atoms with E-state index >= 15 is 0 Å². The van der Waals surface area contributed by atoms with Gasteiger partial charge in [-0.3, -0.25) is 9.97 Å². The van der Waals surface area contributed by atoms with E-state index in [9.17, 15) is 0 Å². The molecule has 0 radical (unpaired) electrons. The van der Waals surface area contributed by atoms with Crippen molar-refractivity contribution in [1.82, 2.24) is 9.97 Å². The van der Waals surface area contributed by atoms with Crippen molar-refractivity contribution in [2.75, 3.05) is 0 Å². The fourth-order valence-electron chi connectivity index (χ4n) is 2.73. The van der Waals surface area contributed by atoms with Crippen molar-refractivity contribution in [3.63, 3.8) is 0 Å². The van der Waals surface area contributed by atoms with E-state index in [0.717, 1.165) is 28.2 Å². The first kappa shape index (κ1) is 12.0. The van der Waals surface area contributed by atoms with Crippen LogP contribution in [-0.2, 0) is 0 Å². The molecule has 4 rings (SSSR count). The second-order valence-corrected chi connectivity index (χ2v) is 5.15. The van der Waals surface area contributed by atoms with Gasteiger partial charge in [-0.25, -0.2) is 0 Å². The maximum Gasteiger partial charge on any atom is 0.0970 e. The normalized spacial score (nSPS) is 14.4. The van der Waals surface area contributed by atoms with Crippen LogP contribution >= 0.6 is 0 Å². The van der Waals surface area contributed by atoms with Crippen molar-refractivity contribution in [2.45, 2.75) is 6.42 Å². The molecule has 2 nitrogen and oxygen atoms in total. The summed E-state index contributed by atoms with van der Waals surface area (Å²) in [6.45, 7) is 0. The highest BCUT2D eigenvalue weighted by Crippen LogP contribution is 2.27. The largest absolute Gasteiger partial charge is 0.254 e. The van der Waals surface area contributed by atoms with Crippen LogP contribution in [0.4, 0.5) is 0 Å². The van der Waals surface area contributed by atoms with Gasteiger partial charge in [-0.1, -0.05) is 42.5 Å². The molecule has 1 aliphatic carbocycles. The summed E-state index contributed by atoms with van der Waals surface area (Å²) in [6.07, 6.45) is 15.4. The van der Waals surface area contributed by atoms with E-state index in [0.29, 0.717) is 0 Å². The first-order valence-electron chi connectivity index (χ1n) is 7.08. The van der Waals surface area contributed by atoms with E-state index in [1.165, 1.54) is 11.1 Å². The van der Waals surface area contributed by atoms with Crippen LogP contribution in [0.15, 0.2) is 72.6 Å². The fraction of sp³-hybridized carbons (Fsp3) is 0.0526. The summed E-state index contributed by atoms with van der Waals surface area (Å²) in [5, 5.41) is 2.27. The minimum atomic E-state index is 0.965. The van der Waals surface area contributed by atoms with Gasteiger partial charge in [0.05, 0.1) is 11.0 Å². The summed E-state index contributed by atoms with van der Waals surface area (Å²) in [6, 6.07) is 10.3. The number of fused-ring (bicyclic) bond motifs is 3. The zero-order valence-corrected chi connectivity index (χ0v) is 11.5. The predicted molar refractivity (Wildman–Crippen MR) is 87.9 cm³/mol. The topological polar surface area (TPSA) is 25.8 Å². The SMILES string of the molecule is C1=CCC(/C=C/c2cc3cccnc3c3ncccc23)=C1. The lowest BCUT2D eigenvalue weighted by Crippen LogP contribution is -1.87. The first-order valence-corrected chi connectivity index (χ1v) is 7.08. The minimum Gasteiger partial charge on any atom is -0.254 e. The van der Waals surface area contributed by atoms with Gasteiger partial charge in [0.25, 0.3) is 0 Å². The van der Waals surface area contributed by atoms with Crippen LogP contribution in [0.25, 0.3) is 27.9 Å². The molecule has 0 aliphatic heterocycles. The Balaban J connectivity index is 1.94. The molecule has 0 unspecified atom stereocenters. The lowest BCUT2D eigenvalue weighted by molar-refractivity contribution is 1.34. The lowest BCUT2D eigenvalue weighted by atomic mass is 10.0. The molecule has 2 heterocycles. The zero-order chi connectivity index (χ0) is 14.1. The Morgan fingerprint density at radius 3 is 2.67 bits per heavy atom. The lowest BCUT2D eigenvalue weighted by Gasteiger charge is -2.06. The van der Waals surface area contributed by atoms with E-state index in [2.05, 4.69) is 58.5 Å². The van der Waals surface area contributed by atoms with Crippen molar-refractivity contribution in [3.05, 3.63) is 78.2 Å². The summed E-state index contributed by atoms with van der Waals surface area (Å²) < 4.78 is 0. The fourth-order valence-corrected chi connectivity index (χ4v) is 2.73. The van der Waals surface area contributed by atoms with E-state index < -0.39 is 0 Å². The van der Waals surface area contributed by atoms with Crippen molar-refractivity contribution in [3.8, 4) is 0 Å². The molecule has 0 spiro atoms. The molecule has 2 aromatic heterocycles. The predicted octanol–water partition coefficient (Wildman–Crippen LogP) is 4.68. The Bertz CT molecular complexity index is 917. The van der Waals surface area contributed by atoms with Crippen molar-refractivity contribution in [2.24, 2.45) is 0 Å². The molecular formula is C19H14N2. The monoisotopic (exact) mass is 270 g/mol. The number of pyridine rings is 2.